The number of hydrogen-bond acceptors (Lipinski definition) is 9. The smallest absolute Gasteiger partial charge is 0.407 e. The van der Waals surface area contributed by atoms with Crippen LogP contribution in [0.1, 0.15) is 92.7 Å². The summed E-state index contributed by atoms with van der Waals surface area (Å²) in [6.07, 6.45) is -4.67. The van der Waals surface area contributed by atoms with Crippen LogP contribution in [0, 0.1) is 0 Å². The topological polar surface area (TPSA) is 171 Å². The van der Waals surface area contributed by atoms with E-state index in [0.29, 0.717) is 0 Å². The molecule has 16 heteroatoms. The van der Waals surface area contributed by atoms with Crippen LogP contribution in [0.15, 0.2) is 48.5 Å². The molecule has 0 aromatic heterocycles. The van der Waals surface area contributed by atoms with Gasteiger partial charge in [0, 0.05) is 12.8 Å². The van der Waals surface area contributed by atoms with Gasteiger partial charge in [-0.25, -0.2) is 9.59 Å². The van der Waals surface area contributed by atoms with Gasteiger partial charge in [0.2, 0.25) is 11.8 Å². The third-order valence-electron chi connectivity index (χ3n) is 13.8. The molecule has 1 heterocycles. The number of nitrogens with one attached hydrogen (secondary N) is 3. The summed E-state index contributed by atoms with van der Waals surface area (Å²) in [5.41, 5.74) is 4.15. The molecule has 13 nitrogen and oxygen atoms in total. The molecule has 3 amide bonds. The first-order chi connectivity index (χ1) is 29.2. The highest BCUT2D eigenvalue weighted by Gasteiger charge is 2.53. The molecule has 2 aromatic rings. The van der Waals surface area contributed by atoms with E-state index in [1.54, 1.807) is 0 Å². The van der Waals surface area contributed by atoms with E-state index in [1.165, 1.54) is 6.92 Å². The number of carbonyl (C=O) groups is 4. The van der Waals surface area contributed by atoms with E-state index >= 15 is 0 Å². The lowest BCUT2D eigenvalue weighted by Crippen LogP contribution is -2.72. The number of carboxylic acids is 1. The molecule has 1 aliphatic heterocycles. The second-order valence-corrected chi connectivity index (χ2v) is 30.9. The van der Waals surface area contributed by atoms with Crippen molar-refractivity contribution < 1.29 is 47.0 Å². The molecule has 1 fully saturated rings. The normalized spacial score (nSPS) is 20.9. The molecular weight excluding hydrogens is 827 g/mol. The maximum atomic E-state index is 14.0. The number of rotatable bonds is 24. The van der Waals surface area contributed by atoms with Crippen molar-refractivity contribution in [3.63, 3.8) is 0 Å². The number of carbonyl (C=O) groups excluding carboxylic acids is 3. The Bertz CT molecular complexity index is 1700. The van der Waals surface area contributed by atoms with Crippen molar-refractivity contribution in [2.45, 2.75) is 173 Å². The van der Waals surface area contributed by atoms with Crippen molar-refractivity contribution in [1.29, 1.82) is 0 Å². The summed E-state index contributed by atoms with van der Waals surface area (Å²) < 4.78 is 34.1. The van der Waals surface area contributed by atoms with Gasteiger partial charge < -0.3 is 43.8 Å². The zero-order valence-corrected chi connectivity index (χ0v) is 41.3. The molecule has 0 saturated carbocycles. The van der Waals surface area contributed by atoms with Crippen LogP contribution in [-0.4, -0.2) is 104 Å². The maximum absolute atomic E-state index is 14.0. The molecule has 2 aliphatic rings. The van der Waals surface area contributed by atoms with E-state index in [1.807, 2.05) is 48.5 Å². The van der Waals surface area contributed by atoms with Gasteiger partial charge in [0.15, 0.2) is 31.2 Å². The summed E-state index contributed by atoms with van der Waals surface area (Å²) >= 11 is 0. The predicted molar refractivity (Wildman–Crippen MR) is 246 cm³/mol. The minimum Gasteiger partial charge on any atom is -0.480 e. The van der Waals surface area contributed by atoms with Crippen molar-refractivity contribution in [2.75, 3.05) is 13.2 Å². The summed E-state index contributed by atoms with van der Waals surface area (Å²) in [6.45, 7) is 21.0. The third kappa shape index (κ3) is 12.0. The van der Waals surface area contributed by atoms with Crippen LogP contribution in [-0.2, 0) is 37.1 Å². The van der Waals surface area contributed by atoms with Gasteiger partial charge in [0.1, 0.15) is 30.9 Å². The lowest BCUT2D eigenvalue weighted by atomic mass is 9.95. The highest BCUT2D eigenvalue weighted by atomic mass is 28.4. The number of ether oxygens (including phenoxy) is 2. The minimum atomic E-state index is -2.40. The first kappa shape index (κ1) is 50.3. The number of amides is 3. The Kier molecular flexibility index (Phi) is 18.8. The third-order valence-corrected chi connectivity index (χ3v) is 27.7. The molecule has 1 aliphatic carbocycles. The molecule has 61 heavy (non-hydrogen) atoms. The summed E-state index contributed by atoms with van der Waals surface area (Å²) in [6, 6.07) is 21.3. The van der Waals surface area contributed by atoms with Crippen LogP contribution in [0.4, 0.5) is 4.79 Å². The van der Waals surface area contributed by atoms with Crippen LogP contribution in [0.2, 0.25) is 54.4 Å². The number of hydrogen-bond donors (Lipinski definition) is 4. The van der Waals surface area contributed by atoms with Gasteiger partial charge in [-0.2, -0.15) is 0 Å². The number of benzene rings is 2. The van der Waals surface area contributed by atoms with Gasteiger partial charge >= 0.3 is 12.1 Å². The molecule has 4 N–H and O–H groups in total. The van der Waals surface area contributed by atoms with Crippen LogP contribution in [0.25, 0.3) is 11.1 Å². The summed E-state index contributed by atoms with van der Waals surface area (Å²) in [7, 11) is -6.85. The highest BCUT2D eigenvalue weighted by molar-refractivity contribution is 6.74. The predicted octanol–water partition coefficient (Wildman–Crippen LogP) is 8.52. The molecule has 1 saturated heterocycles. The molecule has 6 atom stereocenters. The maximum Gasteiger partial charge on any atom is 0.407 e. The second-order valence-electron chi connectivity index (χ2n) is 16.7. The quantitative estimate of drug-likeness (QED) is 0.0750. The monoisotopic (exact) mass is 899 g/mol. The minimum absolute atomic E-state index is 0.0185. The lowest BCUT2D eigenvalue weighted by Gasteiger charge is -2.52. The molecule has 0 bridgehead atoms. The van der Waals surface area contributed by atoms with Crippen LogP contribution >= 0.6 is 0 Å². The van der Waals surface area contributed by atoms with Crippen molar-refractivity contribution in [1.82, 2.24) is 16.0 Å². The summed E-state index contributed by atoms with van der Waals surface area (Å²) in [4.78, 5) is 52.8. The van der Waals surface area contributed by atoms with Gasteiger partial charge in [-0.05, 0) is 76.7 Å². The molecule has 2 aromatic carbocycles. The van der Waals surface area contributed by atoms with Crippen molar-refractivity contribution in [3.05, 3.63) is 59.7 Å². The molecule has 4 rings (SSSR count). The van der Waals surface area contributed by atoms with Gasteiger partial charge in [-0.1, -0.05) is 111 Å². The Labute approximate surface area is 367 Å². The SMILES string of the molecule is CC[Si](CC)(CC)OC[C@H]1O[C@H](NC(=O)CC(NC(=O)OCC2c3ccccc3-c3ccccc32)C(=O)O)[C@H](NC(C)=O)[C@@H](O[Si](CC)(CC)CC)[C@@H]1O[Si](CC)(CC)CC. The summed E-state index contributed by atoms with van der Waals surface area (Å²) in [5.74, 6) is -2.68. The second kappa shape index (κ2) is 22.8. The van der Waals surface area contributed by atoms with E-state index in [0.717, 1.165) is 76.7 Å². The van der Waals surface area contributed by atoms with E-state index < -0.39 is 86.0 Å². The fourth-order valence-corrected chi connectivity index (χ4v) is 17.5. The number of alkyl carbamates (subject to hydrolysis) is 1. The van der Waals surface area contributed by atoms with Crippen molar-refractivity contribution in [3.8, 4) is 11.1 Å². The van der Waals surface area contributed by atoms with Crippen molar-refractivity contribution >= 4 is 48.8 Å². The largest absolute Gasteiger partial charge is 0.480 e. The van der Waals surface area contributed by atoms with Crippen LogP contribution < -0.4 is 16.0 Å². The zero-order chi connectivity index (χ0) is 45.0. The van der Waals surface area contributed by atoms with Gasteiger partial charge in [0.25, 0.3) is 0 Å². The fourth-order valence-electron chi connectivity index (χ4n) is 9.15. The van der Waals surface area contributed by atoms with Crippen molar-refractivity contribution in [2.24, 2.45) is 0 Å². The number of fused-ring (bicyclic) bond motifs is 3. The van der Waals surface area contributed by atoms with Crippen LogP contribution in [0.3, 0.4) is 0 Å². The molecule has 1 unspecified atom stereocenters. The average Bonchev–Trinajstić information content (AvgIpc) is 3.59. The van der Waals surface area contributed by atoms with Gasteiger partial charge in [-0.3, -0.25) is 9.59 Å². The van der Waals surface area contributed by atoms with Gasteiger partial charge in [-0.15, -0.1) is 0 Å². The molecule has 0 radical (unpaired) electrons. The Hall–Kier alpha value is -3.39. The Morgan fingerprint density at radius 1 is 0.672 bits per heavy atom. The number of carboxylic acid groups (broad SMARTS) is 1. The molecule has 340 valence electrons. The van der Waals surface area contributed by atoms with E-state index in [-0.39, 0.29) is 25.0 Å². The Morgan fingerprint density at radius 3 is 1.61 bits per heavy atom. The van der Waals surface area contributed by atoms with E-state index in [9.17, 15) is 24.3 Å². The highest BCUT2D eigenvalue weighted by Crippen LogP contribution is 2.44. The Balaban J connectivity index is 1.63. The number of aliphatic carboxylic acids is 1. The summed E-state index contributed by atoms with van der Waals surface area (Å²) in [5, 5.41) is 18.6. The first-order valence-corrected chi connectivity index (χ1v) is 30.3. The van der Waals surface area contributed by atoms with E-state index in [4.69, 9.17) is 22.8 Å². The van der Waals surface area contributed by atoms with E-state index in [2.05, 4.69) is 78.3 Å². The molecular formula is C45H73N3O10Si3. The average molecular weight is 900 g/mol. The molecule has 0 spiro atoms. The van der Waals surface area contributed by atoms with Crippen LogP contribution in [0.5, 0.6) is 0 Å². The zero-order valence-electron chi connectivity index (χ0n) is 38.3. The van der Waals surface area contributed by atoms with Gasteiger partial charge in [0.05, 0.1) is 19.1 Å². The Morgan fingerprint density at radius 2 is 1.15 bits per heavy atom. The first-order valence-electron chi connectivity index (χ1n) is 22.7. The standard InChI is InChI=1S/C45H73N3O10Si3/c1-11-59(12-2,13-3)55-30-38-41(57-60(14-4,15-5)16-6)42(58-61(17-7,18-8)19-9)40(46-31(10)49)43(56-38)48-39(50)28-37(44(51)52)47-45(53)54-29-36-34-26-22-20-24-32(34)33-25-21-23-27-35(33)36/h20-27,36-38,40-43H,11-19,28-30H2,1-10H3,(H,46,49)(H,47,53)(H,48,50)(H,51,52)/t37?,38-,40-,41-,42-,43+/m1/s1. The fraction of sp³-hybridized carbons (Fsp3) is 0.644. The lowest BCUT2D eigenvalue weighted by molar-refractivity contribution is -0.194.